The summed E-state index contributed by atoms with van der Waals surface area (Å²) in [6, 6.07) is 12.2. The number of piperidine rings is 1. The first-order chi connectivity index (χ1) is 15.0. The molecule has 5 rings (SSSR count). The van der Waals surface area contributed by atoms with E-state index in [-0.39, 0.29) is 23.3 Å². The highest BCUT2D eigenvalue weighted by atomic mass is 35.5. The van der Waals surface area contributed by atoms with Crippen molar-refractivity contribution in [2.24, 2.45) is 0 Å². The zero-order valence-electron chi connectivity index (χ0n) is 17.5. The number of nitrogens with one attached hydrogen (secondary N) is 1. The van der Waals surface area contributed by atoms with Crippen LogP contribution in [0, 0.1) is 0 Å². The molecule has 1 aromatic heterocycles. The van der Waals surface area contributed by atoms with Crippen molar-refractivity contribution >= 4 is 29.3 Å². The molecule has 2 aliphatic heterocycles. The SMILES string of the molecule is COC(=O)c1ccc(N2C3CCC2CC(NC(=O)C2(c4ccc(Cl)cc4)CC2)C3)nc1. The summed E-state index contributed by atoms with van der Waals surface area (Å²) in [6.45, 7) is 0. The van der Waals surface area contributed by atoms with E-state index in [9.17, 15) is 9.59 Å². The molecule has 1 aliphatic carbocycles. The number of halogens is 1. The molecular formula is C24H26ClN3O3. The van der Waals surface area contributed by atoms with Gasteiger partial charge in [-0.25, -0.2) is 9.78 Å². The molecule has 2 atom stereocenters. The Morgan fingerprint density at radius 2 is 1.77 bits per heavy atom. The van der Waals surface area contributed by atoms with Crippen LogP contribution in [0.2, 0.25) is 5.02 Å². The number of esters is 1. The summed E-state index contributed by atoms with van der Waals surface area (Å²) in [7, 11) is 1.37. The van der Waals surface area contributed by atoms with Gasteiger partial charge in [-0.15, -0.1) is 0 Å². The summed E-state index contributed by atoms with van der Waals surface area (Å²) in [4.78, 5) is 31.7. The maximum atomic E-state index is 13.2. The lowest BCUT2D eigenvalue weighted by Gasteiger charge is -2.40. The van der Waals surface area contributed by atoms with Crippen LogP contribution in [0.5, 0.6) is 0 Å². The number of rotatable bonds is 5. The zero-order chi connectivity index (χ0) is 21.6. The van der Waals surface area contributed by atoms with Crippen molar-refractivity contribution in [3.05, 3.63) is 58.7 Å². The van der Waals surface area contributed by atoms with Crippen LogP contribution in [0.25, 0.3) is 0 Å². The number of pyridine rings is 1. The molecule has 2 unspecified atom stereocenters. The van der Waals surface area contributed by atoms with Gasteiger partial charge in [0.2, 0.25) is 5.91 Å². The topological polar surface area (TPSA) is 71.5 Å². The fraction of sp³-hybridized carbons (Fsp3) is 0.458. The molecule has 1 amide bonds. The Labute approximate surface area is 186 Å². The van der Waals surface area contributed by atoms with Crippen molar-refractivity contribution < 1.29 is 14.3 Å². The van der Waals surface area contributed by atoms with Gasteiger partial charge in [-0.1, -0.05) is 23.7 Å². The Morgan fingerprint density at radius 3 is 2.32 bits per heavy atom. The molecule has 1 saturated carbocycles. The van der Waals surface area contributed by atoms with Crippen LogP contribution in [0.1, 0.15) is 54.4 Å². The molecule has 3 fully saturated rings. The van der Waals surface area contributed by atoms with Gasteiger partial charge in [-0.3, -0.25) is 4.79 Å². The molecule has 1 N–H and O–H groups in total. The second-order valence-corrected chi connectivity index (χ2v) is 9.36. The van der Waals surface area contributed by atoms with Crippen molar-refractivity contribution in [2.75, 3.05) is 12.0 Å². The molecule has 3 aliphatic rings. The maximum absolute atomic E-state index is 13.2. The maximum Gasteiger partial charge on any atom is 0.339 e. The molecule has 2 bridgehead atoms. The lowest BCUT2D eigenvalue weighted by molar-refractivity contribution is -0.124. The predicted molar refractivity (Wildman–Crippen MR) is 118 cm³/mol. The quantitative estimate of drug-likeness (QED) is 0.716. The predicted octanol–water partition coefficient (Wildman–Crippen LogP) is 3.87. The van der Waals surface area contributed by atoms with E-state index in [1.54, 1.807) is 12.3 Å². The normalized spacial score (nSPS) is 25.7. The number of carbonyl (C=O) groups is 2. The zero-order valence-corrected chi connectivity index (χ0v) is 18.3. The minimum absolute atomic E-state index is 0.147. The average Bonchev–Trinajstić information content (AvgIpc) is 3.55. The van der Waals surface area contributed by atoms with Gasteiger partial charge >= 0.3 is 5.97 Å². The van der Waals surface area contributed by atoms with Crippen LogP contribution < -0.4 is 10.2 Å². The third kappa shape index (κ3) is 3.67. The van der Waals surface area contributed by atoms with Gasteiger partial charge in [0.25, 0.3) is 0 Å². The molecule has 0 radical (unpaired) electrons. The minimum atomic E-state index is -0.383. The molecule has 7 heteroatoms. The van der Waals surface area contributed by atoms with Crippen LogP contribution in [0.15, 0.2) is 42.6 Å². The van der Waals surface area contributed by atoms with Crippen LogP contribution in [0.4, 0.5) is 5.82 Å². The van der Waals surface area contributed by atoms with Gasteiger partial charge in [-0.05, 0) is 68.4 Å². The van der Waals surface area contributed by atoms with E-state index in [0.29, 0.717) is 22.7 Å². The largest absolute Gasteiger partial charge is 0.465 e. The molecule has 3 heterocycles. The Morgan fingerprint density at radius 1 is 1.10 bits per heavy atom. The van der Waals surface area contributed by atoms with Crippen LogP contribution >= 0.6 is 11.6 Å². The lowest BCUT2D eigenvalue weighted by atomic mass is 9.92. The number of methoxy groups -OCH3 is 1. The molecule has 2 saturated heterocycles. The van der Waals surface area contributed by atoms with E-state index in [4.69, 9.17) is 16.3 Å². The molecular weight excluding hydrogens is 414 g/mol. The summed E-state index contributed by atoms with van der Waals surface area (Å²) in [5.41, 5.74) is 1.13. The van der Waals surface area contributed by atoms with E-state index >= 15 is 0 Å². The number of nitrogens with zero attached hydrogens (tertiary/aromatic N) is 2. The standard InChI is InChI=1S/C24H26ClN3O3/c1-31-22(29)15-2-9-21(26-14-15)28-19-7-8-20(28)13-18(12-19)27-23(30)24(10-11-24)16-3-5-17(25)6-4-16/h2-6,9,14,18-20H,7-8,10-13H2,1H3,(H,27,30). The molecule has 2 aromatic rings. The fourth-order valence-corrected chi connectivity index (χ4v) is 5.44. The number of amides is 1. The van der Waals surface area contributed by atoms with Gasteiger partial charge < -0.3 is 15.0 Å². The summed E-state index contributed by atoms with van der Waals surface area (Å²) in [5, 5.41) is 4.05. The molecule has 0 spiro atoms. The molecule has 1 aromatic carbocycles. The van der Waals surface area contributed by atoms with Gasteiger partial charge in [0.15, 0.2) is 0 Å². The second-order valence-electron chi connectivity index (χ2n) is 8.92. The number of ether oxygens (including phenoxy) is 1. The average molecular weight is 440 g/mol. The van der Waals surface area contributed by atoms with Crippen molar-refractivity contribution in [3.63, 3.8) is 0 Å². The highest BCUT2D eigenvalue weighted by Gasteiger charge is 2.52. The number of hydrogen-bond donors (Lipinski definition) is 1. The van der Waals surface area contributed by atoms with E-state index in [1.165, 1.54) is 7.11 Å². The Balaban J connectivity index is 1.25. The summed E-state index contributed by atoms with van der Waals surface area (Å²) >= 11 is 6.02. The van der Waals surface area contributed by atoms with Gasteiger partial charge in [0, 0.05) is 29.3 Å². The Hall–Kier alpha value is -2.60. The minimum Gasteiger partial charge on any atom is -0.465 e. The monoisotopic (exact) mass is 439 g/mol. The first-order valence-corrected chi connectivity index (χ1v) is 11.3. The van der Waals surface area contributed by atoms with Crippen LogP contribution in [0.3, 0.4) is 0 Å². The first kappa shape index (κ1) is 20.3. The lowest BCUT2D eigenvalue weighted by Crippen LogP contribution is -2.52. The van der Waals surface area contributed by atoms with E-state index in [0.717, 1.165) is 49.9 Å². The van der Waals surface area contributed by atoms with Crippen molar-refractivity contribution in [3.8, 4) is 0 Å². The third-order valence-electron chi connectivity index (χ3n) is 7.08. The van der Waals surface area contributed by atoms with Crippen LogP contribution in [-0.4, -0.2) is 42.1 Å². The highest BCUT2D eigenvalue weighted by molar-refractivity contribution is 6.30. The van der Waals surface area contributed by atoms with Gasteiger partial charge in [0.1, 0.15) is 5.82 Å². The molecule has 31 heavy (non-hydrogen) atoms. The number of anilines is 1. The molecule has 6 nitrogen and oxygen atoms in total. The van der Waals surface area contributed by atoms with Crippen LogP contribution in [-0.2, 0) is 14.9 Å². The Kier molecular flexibility index (Phi) is 5.13. The van der Waals surface area contributed by atoms with E-state index < -0.39 is 0 Å². The fourth-order valence-electron chi connectivity index (χ4n) is 5.31. The number of hydrogen-bond acceptors (Lipinski definition) is 5. The molecule has 162 valence electrons. The van der Waals surface area contributed by atoms with E-state index in [1.807, 2.05) is 30.3 Å². The smallest absolute Gasteiger partial charge is 0.339 e. The Bertz CT molecular complexity index is 974. The number of fused-ring (bicyclic) bond motifs is 2. The second kappa shape index (κ2) is 7.83. The number of benzene rings is 1. The summed E-state index contributed by atoms with van der Waals surface area (Å²) in [5.74, 6) is 0.663. The first-order valence-electron chi connectivity index (χ1n) is 10.9. The summed E-state index contributed by atoms with van der Waals surface area (Å²) in [6.07, 6.45) is 7.39. The van der Waals surface area contributed by atoms with Crippen molar-refractivity contribution in [1.29, 1.82) is 0 Å². The van der Waals surface area contributed by atoms with E-state index in [2.05, 4.69) is 15.2 Å². The van der Waals surface area contributed by atoms with Gasteiger partial charge in [-0.2, -0.15) is 0 Å². The van der Waals surface area contributed by atoms with Gasteiger partial charge in [0.05, 0.1) is 18.1 Å². The highest BCUT2D eigenvalue weighted by Crippen LogP contribution is 2.49. The number of aromatic nitrogens is 1. The van der Waals surface area contributed by atoms with Crippen molar-refractivity contribution in [2.45, 2.75) is 62.1 Å². The summed E-state index contributed by atoms with van der Waals surface area (Å²) < 4.78 is 4.76. The third-order valence-corrected chi connectivity index (χ3v) is 7.34. The number of carbonyl (C=O) groups excluding carboxylic acids is 2. The van der Waals surface area contributed by atoms with Crippen molar-refractivity contribution in [1.82, 2.24) is 10.3 Å².